The Labute approximate surface area is 87.6 Å². The Balaban J connectivity index is 2.52. The highest BCUT2D eigenvalue weighted by Crippen LogP contribution is 2.12. The fraction of sp³-hybridized carbons (Fsp3) is 0.900. The number of nitrogens with zero attached hydrogens (tertiary/aromatic N) is 1. The number of rotatable bonds is 4. The van der Waals surface area contributed by atoms with E-state index in [0.29, 0.717) is 4.99 Å². The second-order valence-electron chi connectivity index (χ2n) is 3.78. The van der Waals surface area contributed by atoms with Gasteiger partial charge in [0, 0.05) is 13.1 Å². The van der Waals surface area contributed by atoms with Crippen LogP contribution in [0.4, 0.5) is 0 Å². The summed E-state index contributed by atoms with van der Waals surface area (Å²) in [7, 11) is -1.99. The van der Waals surface area contributed by atoms with Crippen LogP contribution in [0, 0.1) is 0 Å². The van der Waals surface area contributed by atoms with Gasteiger partial charge in [-0.05, 0) is 25.7 Å². The topological polar surface area (TPSA) is 37.4 Å². The van der Waals surface area contributed by atoms with E-state index in [1.165, 1.54) is 12.8 Å². The van der Waals surface area contributed by atoms with Crippen molar-refractivity contribution in [2.24, 2.45) is 0 Å². The van der Waals surface area contributed by atoms with Gasteiger partial charge in [-0.3, -0.25) is 4.90 Å². The molecule has 4 heteroatoms. The van der Waals surface area contributed by atoms with E-state index in [1.807, 2.05) is 4.90 Å². The molecule has 0 saturated carbocycles. The molecule has 1 fully saturated rings. The number of hydrogen-bond donors (Lipinski definition) is 0. The standard InChI is InChI=1S/C10H19NO2S/c1-2-3-5-8-11-9-6-4-7-10(11)14(12)13/h2-9H2,1H3. The second kappa shape index (κ2) is 6.19. The largest absolute Gasteiger partial charge is 0.265 e. The third-order valence-electron chi connectivity index (χ3n) is 2.65. The molecule has 82 valence electrons. The van der Waals surface area contributed by atoms with Crippen LogP contribution in [0.5, 0.6) is 0 Å². The summed E-state index contributed by atoms with van der Waals surface area (Å²) >= 11 is 0. The zero-order chi connectivity index (χ0) is 10.4. The van der Waals surface area contributed by atoms with Gasteiger partial charge < -0.3 is 0 Å². The third-order valence-corrected chi connectivity index (χ3v) is 3.49. The molecule has 14 heavy (non-hydrogen) atoms. The Hall–Kier alpha value is -0.350. The van der Waals surface area contributed by atoms with Gasteiger partial charge >= 0.3 is 0 Å². The van der Waals surface area contributed by atoms with Crippen LogP contribution >= 0.6 is 0 Å². The van der Waals surface area contributed by atoms with E-state index in [9.17, 15) is 8.42 Å². The lowest BCUT2D eigenvalue weighted by atomic mass is 10.1. The van der Waals surface area contributed by atoms with Crippen LogP contribution in [-0.4, -0.2) is 31.4 Å². The van der Waals surface area contributed by atoms with Crippen LogP contribution < -0.4 is 0 Å². The summed E-state index contributed by atoms with van der Waals surface area (Å²) in [6.45, 7) is 4.00. The molecule has 0 unspecified atom stereocenters. The lowest BCUT2D eigenvalue weighted by Gasteiger charge is -2.26. The monoisotopic (exact) mass is 217 g/mol. The summed E-state index contributed by atoms with van der Waals surface area (Å²) in [6, 6.07) is 0. The molecule has 0 atom stereocenters. The molecule has 0 aliphatic carbocycles. The van der Waals surface area contributed by atoms with Gasteiger partial charge in [0.2, 0.25) is 10.3 Å². The molecule has 1 aliphatic rings. The van der Waals surface area contributed by atoms with Gasteiger partial charge in [0.05, 0.1) is 0 Å². The van der Waals surface area contributed by atoms with E-state index in [-0.39, 0.29) is 0 Å². The van der Waals surface area contributed by atoms with Crippen molar-refractivity contribution in [3.63, 3.8) is 0 Å². The van der Waals surface area contributed by atoms with Gasteiger partial charge in [-0.1, -0.05) is 19.8 Å². The zero-order valence-corrected chi connectivity index (χ0v) is 9.65. The molecule has 0 spiro atoms. The Kier molecular flexibility index (Phi) is 5.19. The second-order valence-corrected chi connectivity index (χ2v) is 4.72. The summed E-state index contributed by atoms with van der Waals surface area (Å²) in [6.07, 6.45) is 6.37. The summed E-state index contributed by atoms with van der Waals surface area (Å²) in [4.78, 5) is 2.68. The molecule has 0 aromatic rings. The van der Waals surface area contributed by atoms with E-state index in [0.717, 1.165) is 38.8 Å². The van der Waals surface area contributed by atoms with Crippen molar-refractivity contribution in [1.29, 1.82) is 0 Å². The number of unbranched alkanes of at least 4 members (excludes halogenated alkanes) is 2. The van der Waals surface area contributed by atoms with Crippen LogP contribution in [0.2, 0.25) is 0 Å². The third kappa shape index (κ3) is 3.42. The molecule has 0 amide bonds. The van der Waals surface area contributed by atoms with Gasteiger partial charge in [-0.2, -0.15) is 8.42 Å². The normalized spacial score (nSPS) is 18.5. The molecule has 1 aliphatic heterocycles. The highest BCUT2D eigenvalue weighted by molar-refractivity contribution is 7.72. The maximum Gasteiger partial charge on any atom is 0.228 e. The molecule has 0 bridgehead atoms. The summed E-state index contributed by atoms with van der Waals surface area (Å²) in [5.41, 5.74) is 0. The van der Waals surface area contributed by atoms with Gasteiger partial charge in [-0.15, -0.1) is 0 Å². The molecule has 0 N–H and O–H groups in total. The predicted molar refractivity (Wildman–Crippen MR) is 58.9 cm³/mol. The van der Waals surface area contributed by atoms with Crippen LogP contribution in [0.1, 0.15) is 45.4 Å². The zero-order valence-electron chi connectivity index (χ0n) is 8.83. The van der Waals surface area contributed by atoms with Crippen molar-refractivity contribution in [2.45, 2.75) is 45.4 Å². The smallest absolute Gasteiger partial charge is 0.228 e. The van der Waals surface area contributed by atoms with Crippen molar-refractivity contribution in [3.05, 3.63) is 0 Å². The Morgan fingerprint density at radius 1 is 1.29 bits per heavy atom. The minimum Gasteiger partial charge on any atom is -0.265 e. The van der Waals surface area contributed by atoms with Crippen molar-refractivity contribution < 1.29 is 8.42 Å². The van der Waals surface area contributed by atoms with Gasteiger partial charge in [-0.25, -0.2) is 0 Å². The molecular weight excluding hydrogens is 198 g/mol. The first kappa shape index (κ1) is 11.7. The molecule has 1 saturated heterocycles. The minimum atomic E-state index is -1.99. The first-order valence-corrected chi connectivity index (χ1v) is 6.53. The summed E-state index contributed by atoms with van der Waals surface area (Å²) in [5, 5.41) is 0. The molecule has 1 heterocycles. The number of hydrogen-bond acceptors (Lipinski definition) is 2. The van der Waals surface area contributed by atoms with E-state index in [1.54, 1.807) is 0 Å². The molecule has 0 aromatic carbocycles. The highest BCUT2D eigenvalue weighted by Gasteiger charge is 2.17. The summed E-state index contributed by atoms with van der Waals surface area (Å²) < 4.78 is 21.8. The maximum absolute atomic E-state index is 10.9. The molecule has 1 rings (SSSR count). The van der Waals surface area contributed by atoms with E-state index in [4.69, 9.17) is 0 Å². The lowest BCUT2D eigenvalue weighted by molar-refractivity contribution is 0.366. The molecular formula is C10H19NO2S. The first-order chi connectivity index (χ1) is 6.75. The summed E-state index contributed by atoms with van der Waals surface area (Å²) in [5.74, 6) is 0. The number of piperidine rings is 1. The van der Waals surface area contributed by atoms with Crippen LogP contribution in [-0.2, 0) is 10.3 Å². The van der Waals surface area contributed by atoms with Gasteiger partial charge in [0.1, 0.15) is 4.99 Å². The van der Waals surface area contributed by atoms with Crippen LogP contribution in [0.3, 0.4) is 0 Å². The average molecular weight is 217 g/mol. The van der Waals surface area contributed by atoms with Crippen molar-refractivity contribution in [3.8, 4) is 0 Å². The van der Waals surface area contributed by atoms with Crippen molar-refractivity contribution in [2.75, 3.05) is 13.1 Å². The molecule has 0 aromatic heterocycles. The maximum atomic E-state index is 10.9. The fourth-order valence-electron chi connectivity index (χ4n) is 1.84. The first-order valence-electron chi connectivity index (χ1n) is 5.45. The Morgan fingerprint density at radius 2 is 2.07 bits per heavy atom. The molecule has 0 radical (unpaired) electrons. The fourth-order valence-corrected chi connectivity index (χ4v) is 2.54. The van der Waals surface area contributed by atoms with Crippen LogP contribution in [0.15, 0.2) is 0 Å². The SMILES string of the molecule is CCCCCN1CCCCC1=S(=O)=O. The van der Waals surface area contributed by atoms with Gasteiger partial charge in [0.25, 0.3) is 0 Å². The van der Waals surface area contributed by atoms with E-state index < -0.39 is 10.3 Å². The van der Waals surface area contributed by atoms with Gasteiger partial charge in [0.15, 0.2) is 0 Å². The Bertz CT molecular complexity index is 287. The quantitative estimate of drug-likeness (QED) is 0.531. The Morgan fingerprint density at radius 3 is 2.71 bits per heavy atom. The average Bonchev–Trinajstić information content (AvgIpc) is 2.19. The predicted octanol–water partition coefficient (Wildman–Crippen LogP) is 1.67. The van der Waals surface area contributed by atoms with E-state index in [2.05, 4.69) is 6.92 Å². The molecule has 3 nitrogen and oxygen atoms in total. The lowest BCUT2D eigenvalue weighted by Crippen LogP contribution is -2.36. The van der Waals surface area contributed by atoms with Crippen molar-refractivity contribution in [1.82, 2.24) is 4.90 Å². The van der Waals surface area contributed by atoms with E-state index >= 15 is 0 Å². The van der Waals surface area contributed by atoms with Crippen molar-refractivity contribution >= 4 is 15.3 Å². The minimum absolute atomic E-state index is 0.632. The number of likely N-dealkylation sites (tertiary alicyclic amines) is 1. The van der Waals surface area contributed by atoms with Crippen LogP contribution in [0.25, 0.3) is 0 Å². The highest BCUT2D eigenvalue weighted by atomic mass is 32.2.